The van der Waals surface area contributed by atoms with Crippen molar-refractivity contribution in [2.75, 3.05) is 13.2 Å². The average Bonchev–Trinajstić information content (AvgIpc) is 2.25. The zero-order chi connectivity index (χ0) is 12.0. The largest absolute Gasteiger partial charge is 0.372 e. The molecule has 0 fully saturated rings. The summed E-state index contributed by atoms with van der Waals surface area (Å²) in [6.45, 7) is 7.88. The van der Waals surface area contributed by atoms with Gasteiger partial charge in [0.2, 0.25) is 0 Å². The van der Waals surface area contributed by atoms with Crippen molar-refractivity contribution in [3.63, 3.8) is 0 Å². The predicted octanol–water partition coefficient (Wildman–Crippen LogP) is 3.52. The maximum atomic E-state index is 5.77. The fraction of sp³-hybridized carbons (Fsp3) is 0.538. The van der Waals surface area contributed by atoms with Gasteiger partial charge in [0.05, 0.1) is 6.10 Å². The molecular weight excluding hydrogens is 266 g/mol. The van der Waals surface area contributed by atoms with E-state index in [2.05, 4.69) is 47.2 Å². The van der Waals surface area contributed by atoms with Crippen molar-refractivity contribution in [1.82, 2.24) is 5.32 Å². The van der Waals surface area contributed by atoms with Gasteiger partial charge in [-0.25, -0.2) is 0 Å². The summed E-state index contributed by atoms with van der Waals surface area (Å²) in [5.41, 5.74) is 1.21. The molecule has 0 aliphatic rings. The molecule has 1 rings (SSSR count). The molecule has 0 radical (unpaired) electrons. The van der Waals surface area contributed by atoms with Crippen molar-refractivity contribution in [2.45, 2.75) is 32.9 Å². The van der Waals surface area contributed by atoms with Gasteiger partial charge < -0.3 is 10.1 Å². The number of hydrogen-bond acceptors (Lipinski definition) is 2. The second kappa shape index (κ2) is 7.05. The lowest BCUT2D eigenvalue weighted by Gasteiger charge is -2.20. The van der Waals surface area contributed by atoms with Crippen LogP contribution in [0.2, 0.25) is 0 Å². The molecule has 90 valence electrons. The normalized spacial score (nSPS) is 13.1. The first-order valence-electron chi connectivity index (χ1n) is 5.74. The quantitative estimate of drug-likeness (QED) is 0.864. The van der Waals surface area contributed by atoms with Crippen LogP contribution < -0.4 is 5.32 Å². The SMILES string of the molecule is CCOC(CNC(C)C)c1ccccc1Br. The fourth-order valence-electron chi connectivity index (χ4n) is 1.54. The molecule has 0 bridgehead atoms. The van der Waals surface area contributed by atoms with Crippen molar-refractivity contribution < 1.29 is 4.74 Å². The van der Waals surface area contributed by atoms with Gasteiger partial charge in [-0.3, -0.25) is 0 Å². The van der Waals surface area contributed by atoms with Gasteiger partial charge in [0.25, 0.3) is 0 Å². The highest BCUT2D eigenvalue weighted by Gasteiger charge is 2.14. The maximum absolute atomic E-state index is 5.77. The number of hydrogen-bond donors (Lipinski definition) is 1. The third kappa shape index (κ3) is 4.24. The van der Waals surface area contributed by atoms with E-state index in [1.807, 2.05) is 19.1 Å². The van der Waals surface area contributed by atoms with Crippen LogP contribution in [0, 0.1) is 0 Å². The second-order valence-electron chi connectivity index (χ2n) is 4.03. The Balaban J connectivity index is 2.73. The summed E-state index contributed by atoms with van der Waals surface area (Å²) >= 11 is 3.57. The molecule has 0 aliphatic heterocycles. The number of halogens is 1. The monoisotopic (exact) mass is 285 g/mol. The van der Waals surface area contributed by atoms with Gasteiger partial charge in [0, 0.05) is 23.7 Å². The molecule has 1 unspecified atom stereocenters. The first-order valence-corrected chi connectivity index (χ1v) is 6.53. The minimum Gasteiger partial charge on any atom is -0.372 e. The Morgan fingerprint density at radius 3 is 2.56 bits per heavy atom. The topological polar surface area (TPSA) is 21.3 Å². The molecule has 1 atom stereocenters. The molecule has 3 heteroatoms. The van der Waals surface area contributed by atoms with Gasteiger partial charge in [0.1, 0.15) is 0 Å². The summed E-state index contributed by atoms with van der Waals surface area (Å²) in [4.78, 5) is 0. The van der Waals surface area contributed by atoms with E-state index >= 15 is 0 Å². The maximum Gasteiger partial charge on any atom is 0.0960 e. The highest BCUT2D eigenvalue weighted by Crippen LogP contribution is 2.25. The molecule has 16 heavy (non-hydrogen) atoms. The van der Waals surface area contributed by atoms with Crippen LogP contribution in [0.25, 0.3) is 0 Å². The third-order valence-electron chi connectivity index (χ3n) is 2.33. The van der Waals surface area contributed by atoms with Gasteiger partial charge in [-0.1, -0.05) is 48.0 Å². The van der Waals surface area contributed by atoms with Crippen LogP contribution in [0.5, 0.6) is 0 Å². The first-order chi connectivity index (χ1) is 7.65. The van der Waals surface area contributed by atoms with Crippen LogP contribution in [0.15, 0.2) is 28.7 Å². The Hall–Kier alpha value is -0.380. The van der Waals surface area contributed by atoms with E-state index < -0.39 is 0 Å². The van der Waals surface area contributed by atoms with E-state index in [4.69, 9.17) is 4.74 Å². The number of benzene rings is 1. The molecule has 0 saturated carbocycles. The van der Waals surface area contributed by atoms with Gasteiger partial charge in [-0.05, 0) is 18.6 Å². The molecule has 2 nitrogen and oxygen atoms in total. The zero-order valence-electron chi connectivity index (χ0n) is 10.2. The Kier molecular flexibility index (Phi) is 6.03. The smallest absolute Gasteiger partial charge is 0.0960 e. The molecule has 0 amide bonds. The Morgan fingerprint density at radius 2 is 2.00 bits per heavy atom. The lowest BCUT2D eigenvalue weighted by molar-refractivity contribution is 0.0605. The van der Waals surface area contributed by atoms with Crippen LogP contribution in [-0.4, -0.2) is 19.2 Å². The lowest BCUT2D eigenvalue weighted by atomic mass is 10.1. The van der Waals surface area contributed by atoms with Crippen molar-refractivity contribution in [2.24, 2.45) is 0 Å². The zero-order valence-corrected chi connectivity index (χ0v) is 11.8. The van der Waals surface area contributed by atoms with Crippen molar-refractivity contribution in [3.8, 4) is 0 Å². The van der Waals surface area contributed by atoms with E-state index in [1.54, 1.807) is 0 Å². The second-order valence-corrected chi connectivity index (χ2v) is 4.88. The van der Waals surface area contributed by atoms with Gasteiger partial charge in [-0.15, -0.1) is 0 Å². The number of ether oxygens (including phenoxy) is 1. The summed E-state index contributed by atoms with van der Waals surface area (Å²) < 4.78 is 6.88. The van der Waals surface area contributed by atoms with Gasteiger partial charge >= 0.3 is 0 Å². The summed E-state index contributed by atoms with van der Waals surface area (Å²) in [6.07, 6.45) is 0.114. The fourth-order valence-corrected chi connectivity index (χ4v) is 2.08. The molecule has 1 aromatic rings. The Morgan fingerprint density at radius 1 is 1.31 bits per heavy atom. The molecule has 0 aromatic heterocycles. The minimum atomic E-state index is 0.114. The van der Waals surface area contributed by atoms with Crippen molar-refractivity contribution in [3.05, 3.63) is 34.3 Å². The minimum absolute atomic E-state index is 0.114. The molecule has 1 aromatic carbocycles. The molecule has 1 N–H and O–H groups in total. The van der Waals surface area contributed by atoms with Crippen LogP contribution in [-0.2, 0) is 4.74 Å². The summed E-state index contributed by atoms with van der Waals surface area (Å²) in [7, 11) is 0. The van der Waals surface area contributed by atoms with Crippen LogP contribution in [0.1, 0.15) is 32.4 Å². The summed E-state index contributed by atoms with van der Waals surface area (Å²) in [6, 6.07) is 8.70. The third-order valence-corrected chi connectivity index (χ3v) is 3.05. The molecular formula is C13H20BrNO. The van der Waals surface area contributed by atoms with Crippen LogP contribution >= 0.6 is 15.9 Å². The van der Waals surface area contributed by atoms with E-state index in [1.165, 1.54) is 5.56 Å². The number of rotatable bonds is 6. The van der Waals surface area contributed by atoms with E-state index in [9.17, 15) is 0 Å². The van der Waals surface area contributed by atoms with Gasteiger partial charge in [-0.2, -0.15) is 0 Å². The predicted molar refractivity (Wildman–Crippen MR) is 71.6 cm³/mol. The molecule has 0 spiro atoms. The van der Waals surface area contributed by atoms with Crippen molar-refractivity contribution >= 4 is 15.9 Å². The molecule has 0 saturated heterocycles. The summed E-state index contributed by atoms with van der Waals surface area (Å²) in [5, 5.41) is 3.41. The number of nitrogens with one attached hydrogen (secondary N) is 1. The standard InChI is InChI=1S/C13H20BrNO/c1-4-16-13(9-15-10(2)3)11-7-5-6-8-12(11)14/h5-8,10,13,15H,4,9H2,1-3H3. The van der Waals surface area contributed by atoms with E-state index in [-0.39, 0.29) is 6.10 Å². The molecule has 0 heterocycles. The Labute approximate surface area is 107 Å². The molecule has 0 aliphatic carbocycles. The lowest BCUT2D eigenvalue weighted by Crippen LogP contribution is -2.29. The van der Waals surface area contributed by atoms with Crippen LogP contribution in [0.4, 0.5) is 0 Å². The first kappa shape index (κ1) is 13.7. The average molecular weight is 286 g/mol. The van der Waals surface area contributed by atoms with Crippen molar-refractivity contribution in [1.29, 1.82) is 0 Å². The van der Waals surface area contributed by atoms with Crippen LogP contribution in [0.3, 0.4) is 0 Å². The highest BCUT2D eigenvalue weighted by atomic mass is 79.9. The van der Waals surface area contributed by atoms with E-state index in [0.717, 1.165) is 17.6 Å². The Bertz CT molecular complexity index is 315. The highest BCUT2D eigenvalue weighted by molar-refractivity contribution is 9.10. The summed E-state index contributed by atoms with van der Waals surface area (Å²) in [5.74, 6) is 0. The van der Waals surface area contributed by atoms with Gasteiger partial charge in [0.15, 0.2) is 0 Å². The van der Waals surface area contributed by atoms with E-state index in [0.29, 0.717) is 6.04 Å².